The standard InChI is InChI=1S/C14H10F4N2O/c15-8-1-3-10(11(16)5-8)13(7-20-13)14(17,18)12-4-2-9(21)6-19-12/h1-6,20-21H,7H2. The topological polar surface area (TPSA) is 55.1 Å². The number of aromatic hydroxyl groups is 1. The number of benzene rings is 1. The van der Waals surface area contributed by atoms with Gasteiger partial charge in [0.25, 0.3) is 0 Å². The Morgan fingerprint density at radius 3 is 2.43 bits per heavy atom. The molecule has 0 amide bonds. The monoisotopic (exact) mass is 298 g/mol. The maximum absolute atomic E-state index is 14.6. The van der Waals surface area contributed by atoms with Crippen LogP contribution in [0.1, 0.15) is 11.3 Å². The molecule has 2 N–H and O–H groups in total. The number of nitrogens with zero attached hydrogens (tertiary/aromatic N) is 1. The van der Waals surface area contributed by atoms with Crippen molar-refractivity contribution in [3.63, 3.8) is 0 Å². The third-order valence-corrected chi connectivity index (χ3v) is 3.53. The Morgan fingerprint density at radius 2 is 1.90 bits per heavy atom. The van der Waals surface area contributed by atoms with Crippen LogP contribution >= 0.6 is 0 Å². The number of halogens is 4. The molecule has 1 aromatic heterocycles. The summed E-state index contributed by atoms with van der Waals surface area (Å²) in [5.41, 5.74) is -2.87. The first-order valence-electron chi connectivity index (χ1n) is 6.11. The summed E-state index contributed by atoms with van der Waals surface area (Å²) in [6, 6.07) is 4.54. The molecule has 110 valence electrons. The van der Waals surface area contributed by atoms with Crippen LogP contribution in [0.25, 0.3) is 0 Å². The smallest absolute Gasteiger partial charge is 0.312 e. The maximum atomic E-state index is 14.6. The van der Waals surface area contributed by atoms with E-state index in [0.717, 1.165) is 30.5 Å². The summed E-state index contributed by atoms with van der Waals surface area (Å²) in [5, 5.41) is 11.6. The van der Waals surface area contributed by atoms with E-state index in [0.29, 0.717) is 6.07 Å². The molecule has 3 rings (SSSR count). The Balaban J connectivity index is 2.06. The highest BCUT2D eigenvalue weighted by Gasteiger charge is 2.65. The van der Waals surface area contributed by atoms with Gasteiger partial charge >= 0.3 is 5.92 Å². The average molecular weight is 298 g/mol. The van der Waals surface area contributed by atoms with Gasteiger partial charge in [-0.05, 0) is 18.2 Å². The van der Waals surface area contributed by atoms with Crippen LogP contribution in [0.15, 0.2) is 36.5 Å². The van der Waals surface area contributed by atoms with E-state index in [1.54, 1.807) is 0 Å². The number of alkyl halides is 2. The third kappa shape index (κ3) is 2.04. The van der Waals surface area contributed by atoms with Gasteiger partial charge in [0, 0.05) is 18.2 Å². The van der Waals surface area contributed by atoms with Gasteiger partial charge in [0.1, 0.15) is 28.6 Å². The molecule has 7 heteroatoms. The first-order chi connectivity index (χ1) is 9.87. The molecule has 1 fully saturated rings. The molecule has 0 spiro atoms. The Labute approximate surface area is 117 Å². The summed E-state index contributed by atoms with van der Waals surface area (Å²) >= 11 is 0. The summed E-state index contributed by atoms with van der Waals surface area (Å²) in [7, 11) is 0. The molecule has 1 aliphatic heterocycles. The zero-order valence-corrected chi connectivity index (χ0v) is 10.6. The molecule has 1 aliphatic rings. The second kappa shape index (κ2) is 4.42. The van der Waals surface area contributed by atoms with Crippen LogP contribution < -0.4 is 5.32 Å². The molecule has 2 heterocycles. The molecule has 21 heavy (non-hydrogen) atoms. The van der Waals surface area contributed by atoms with E-state index in [9.17, 15) is 17.6 Å². The first-order valence-corrected chi connectivity index (χ1v) is 6.11. The molecule has 1 atom stereocenters. The Kier molecular flexibility index (Phi) is 2.91. The quantitative estimate of drug-likeness (QED) is 0.676. The van der Waals surface area contributed by atoms with Gasteiger partial charge in [0.2, 0.25) is 0 Å². The summed E-state index contributed by atoms with van der Waals surface area (Å²) in [4.78, 5) is 3.49. The lowest BCUT2D eigenvalue weighted by atomic mass is 9.89. The first kappa shape index (κ1) is 13.8. The largest absolute Gasteiger partial charge is 0.506 e. The van der Waals surface area contributed by atoms with Gasteiger partial charge in [-0.2, -0.15) is 8.78 Å². The molecular formula is C14H10F4N2O. The predicted molar refractivity (Wildman–Crippen MR) is 65.8 cm³/mol. The van der Waals surface area contributed by atoms with Crippen molar-refractivity contribution in [1.82, 2.24) is 10.3 Å². The number of nitrogens with one attached hydrogen (secondary N) is 1. The van der Waals surface area contributed by atoms with Crippen molar-refractivity contribution in [2.75, 3.05) is 6.54 Å². The lowest BCUT2D eigenvalue weighted by molar-refractivity contribution is -0.0532. The van der Waals surface area contributed by atoms with Crippen LogP contribution in [0, 0.1) is 11.6 Å². The van der Waals surface area contributed by atoms with Crippen molar-refractivity contribution in [3.05, 3.63) is 59.4 Å². The van der Waals surface area contributed by atoms with Gasteiger partial charge in [-0.25, -0.2) is 8.78 Å². The van der Waals surface area contributed by atoms with Gasteiger partial charge in [-0.15, -0.1) is 0 Å². The summed E-state index contributed by atoms with van der Waals surface area (Å²) < 4.78 is 56.0. The van der Waals surface area contributed by atoms with Crippen molar-refractivity contribution in [3.8, 4) is 5.75 Å². The zero-order chi connectivity index (χ0) is 15.3. The summed E-state index contributed by atoms with van der Waals surface area (Å²) in [6.45, 7) is -0.162. The number of rotatable bonds is 3. The number of hydrogen-bond donors (Lipinski definition) is 2. The second-order valence-corrected chi connectivity index (χ2v) is 4.86. The van der Waals surface area contributed by atoms with Crippen LogP contribution in [0.5, 0.6) is 5.75 Å². The molecule has 1 aromatic carbocycles. The fourth-order valence-electron chi connectivity index (χ4n) is 2.30. The van der Waals surface area contributed by atoms with Crippen molar-refractivity contribution in [1.29, 1.82) is 0 Å². The lowest BCUT2D eigenvalue weighted by Gasteiger charge is -2.25. The van der Waals surface area contributed by atoms with E-state index in [4.69, 9.17) is 5.11 Å². The Morgan fingerprint density at radius 1 is 1.19 bits per heavy atom. The number of pyridine rings is 1. The van der Waals surface area contributed by atoms with Crippen LogP contribution in [0.2, 0.25) is 0 Å². The molecule has 1 unspecified atom stereocenters. The van der Waals surface area contributed by atoms with Gasteiger partial charge in [0.15, 0.2) is 0 Å². The minimum absolute atomic E-state index is 0.162. The minimum atomic E-state index is -3.51. The van der Waals surface area contributed by atoms with Crippen molar-refractivity contribution in [2.24, 2.45) is 0 Å². The lowest BCUT2D eigenvalue weighted by Crippen LogP contribution is -2.36. The van der Waals surface area contributed by atoms with Crippen LogP contribution in [-0.2, 0) is 11.5 Å². The van der Waals surface area contributed by atoms with E-state index < -0.39 is 28.8 Å². The highest BCUT2D eigenvalue weighted by atomic mass is 19.3. The van der Waals surface area contributed by atoms with E-state index in [1.165, 1.54) is 0 Å². The van der Waals surface area contributed by atoms with Gasteiger partial charge in [0.05, 0.1) is 6.20 Å². The van der Waals surface area contributed by atoms with Gasteiger partial charge in [-0.1, -0.05) is 6.07 Å². The molecule has 2 aromatic rings. The van der Waals surface area contributed by atoms with E-state index in [-0.39, 0.29) is 17.9 Å². The number of hydrogen-bond acceptors (Lipinski definition) is 3. The summed E-state index contributed by atoms with van der Waals surface area (Å²) in [6.07, 6.45) is 0.889. The fraction of sp³-hybridized carbons (Fsp3) is 0.214. The Bertz CT molecular complexity index is 684. The van der Waals surface area contributed by atoms with Crippen molar-refractivity contribution in [2.45, 2.75) is 11.5 Å². The Hall–Kier alpha value is -2.15. The molecule has 3 nitrogen and oxygen atoms in total. The van der Waals surface area contributed by atoms with Crippen LogP contribution in [0.3, 0.4) is 0 Å². The van der Waals surface area contributed by atoms with E-state index in [1.807, 2.05) is 0 Å². The highest BCUT2D eigenvalue weighted by molar-refractivity contribution is 5.39. The highest BCUT2D eigenvalue weighted by Crippen LogP contribution is 2.51. The molecule has 1 saturated heterocycles. The van der Waals surface area contributed by atoms with Crippen LogP contribution in [-0.4, -0.2) is 16.6 Å². The normalized spacial score (nSPS) is 21.3. The van der Waals surface area contributed by atoms with E-state index in [2.05, 4.69) is 10.3 Å². The SMILES string of the molecule is Oc1ccc(C(F)(F)C2(c3ccc(F)cc3F)CN2)nc1. The zero-order valence-electron chi connectivity index (χ0n) is 10.6. The fourth-order valence-corrected chi connectivity index (χ4v) is 2.30. The third-order valence-electron chi connectivity index (χ3n) is 3.53. The molecular weight excluding hydrogens is 288 g/mol. The number of aromatic nitrogens is 1. The summed E-state index contributed by atoms with van der Waals surface area (Å²) in [5.74, 6) is -5.64. The predicted octanol–water partition coefficient (Wildman–Crippen LogP) is 2.66. The second-order valence-electron chi connectivity index (χ2n) is 4.86. The maximum Gasteiger partial charge on any atom is 0.312 e. The molecule has 0 aliphatic carbocycles. The average Bonchev–Trinajstić information content (AvgIpc) is 3.21. The van der Waals surface area contributed by atoms with Crippen molar-refractivity contribution < 1.29 is 22.7 Å². The van der Waals surface area contributed by atoms with Gasteiger partial charge in [-0.3, -0.25) is 10.3 Å². The van der Waals surface area contributed by atoms with Crippen LogP contribution in [0.4, 0.5) is 17.6 Å². The molecule has 0 saturated carbocycles. The van der Waals surface area contributed by atoms with Crippen molar-refractivity contribution >= 4 is 0 Å². The molecule has 0 bridgehead atoms. The minimum Gasteiger partial charge on any atom is -0.506 e. The molecule has 0 radical (unpaired) electrons. The van der Waals surface area contributed by atoms with Gasteiger partial charge < -0.3 is 5.11 Å². The van der Waals surface area contributed by atoms with E-state index >= 15 is 0 Å².